The van der Waals surface area contributed by atoms with E-state index < -0.39 is 0 Å². The Kier molecular flexibility index (Phi) is 4.53. The first-order valence-electron chi connectivity index (χ1n) is 7.81. The van der Waals surface area contributed by atoms with Crippen molar-refractivity contribution in [3.63, 3.8) is 0 Å². The van der Waals surface area contributed by atoms with Crippen LogP contribution in [0, 0.1) is 0 Å². The average molecular weight is 438 g/mol. The number of benzene rings is 3. The molecule has 0 spiro atoms. The van der Waals surface area contributed by atoms with Crippen LogP contribution in [-0.2, 0) is 0 Å². The van der Waals surface area contributed by atoms with Crippen molar-refractivity contribution in [3.05, 3.63) is 94.3 Å². The minimum absolute atomic E-state index is 0.337. The fourth-order valence-electron chi connectivity index (χ4n) is 2.92. The molecule has 1 heterocycles. The second-order valence-corrected chi connectivity index (χ2v) is 8.36. The van der Waals surface area contributed by atoms with Gasteiger partial charge < -0.3 is 0 Å². The van der Waals surface area contributed by atoms with E-state index in [-0.39, 0.29) is 0 Å². The first-order chi connectivity index (χ1) is 11.8. The molecule has 2 heteroatoms. The van der Waals surface area contributed by atoms with Gasteiger partial charge in [-0.15, -0.1) is 0 Å². The van der Waals surface area contributed by atoms with Crippen LogP contribution in [0.2, 0.25) is 0 Å². The zero-order chi connectivity index (χ0) is 16.4. The van der Waals surface area contributed by atoms with Crippen LogP contribution >= 0.6 is 15.9 Å². The molecule has 0 N–H and O–H groups in total. The molecule has 0 saturated carbocycles. The minimum atomic E-state index is 0.337. The second-order valence-electron chi connectivity index (χ2n) is 5.60. The van der Waals surface area contributed by atoms with Gasteiger partial charge in [-0.1, -0.05) is 0 Å². The fourth-order valence-corrected chi connectivity index (χ4v) is 5.64. The molecule has 1 aromatic heterocycles. The van der Waals surface area contributed by atoms with Gasteiger partial charge >= 0.3 is 157 Å². The van der Waals surface area contributed by atoms with E-state index in [9.17, 15) is 0 Å². The van der Waals surface area contributed by atoms with Gasteiger partial charge in [0.1, 0.15) is 0 Å². The molecule has 0 unspecified atom stereocenters. The normalized spacial score (nSPS) is 10.7. The molecule has 0 aliphatic carbocycles. The fraction of sp³-hybridized carbons (Fsp3) is 0. The SMILES string of the molecule is Brc1cccc(-c2c[se]c(-c3ccccc3)c2-c2ccccc2)c1. The van der Waals surface area contributed by atoms with Crippen molar-refractivity contribution >= 4 is 30.4 Å². The van der Waals surface area contributed by atoms with E-state index in [1.54, 1.807) is 0 Å². The molecule has 116 valence electrons. The molecule has 0 bridgehead atoms. The Morgan fingerprint density at radius 2 is 1.25 bits per heavy atom. The van der Waals surface area contributed by atoms with E-state index in [4.69, 9.17) is 0 Å². The maximum atomic E-state index is 3.61. The monoisotopic (exact) mass is 438 g/mol. The van der Waals surface area contributed by atoms with Crippen LogP contribution in [-0.4, -0.2) is 14.5 Å². The van der Waals surface area contributed by atoms with Crippen molar-refractivity contribution in [2.24, 2.45) is 0 Å². The van der Waals surface area contributed by atoms with Crippen molar-refractivity contribution in [1.29, 1.82) is 0 Å². The summed E-state index contributed by atoms with van der Waals surface area (Å²) < 4.78 is 2.58. The zero-order valence-electron chi connectivity index (χ0n) is 12.9. The third kappa shape index (κ3) is 3.06. The molecule has 4 aromatic rings. The standard InChI is InChI=1S/C22H15BrSe/c23-19-13-7-12-18(14-19)20-15-24-22(17-10-5-2-6-11-17)21(20)16-8-3-1-4-9-16/h1-15H. The molecule has 0 saturated heterocycles. The summed E-state index contributed by atoms with van der Waals surface area (Å²) in [5, 5.41) is 0. The van der Waals surface area contributed by atoms with Crippen molar-refractivity contribution in [1.82, 2.24) is 0 Å². The molecule has 0 nitrogen and oxygen atoms in total. The van der Waals surface area contributed by atoms with E-state index in [1.165, 1.54) is 32.3 Å². The molecule has 4 rings (SSSR count). The van der Waals surface area contributed by atoms with Crippen molar-refractivity contribution in [2.45, 2.75) is 0 Å². The van der Waals surface area contributed by atoms with Crippen LogP contribution in [0.15, 0.2) is 94.3 Å². The Morgan fingerprint density at radius 1 is 0.625 bits per heavy atom. The molecule has 0 aliphatic heterocycles. The third-order valence-corrected chi connectivity index (χ3v) is 6.68. The predicted molar refractivity (Wildman–Crippen MR) is 107 cm³/mol. The Labute approximate surface area is 156 Å². The van der Waals surface area contributed by atoms with Crippen molar-refractivity contribution in [2.75, 3.05) is 0 Å². The van der Waals surface area contributed by atoms with Crippen LogP contribution in [0.25, 0.3) is 32.3 Å². The van der Waals surface area contributed by atoms with Crippen LogP contribution in [0.1, 0.15) is 0 Å². The molecule has 0 atom stereocenters. The molecular weight excluding hydrogens is 423 g/mol. The van der Waals surface area contributed by atoms with Gasteiger partial charge in [0.25, 0.3) is 0 Å². The van der Waals surface area contributed by atoms with Gasteiger partial charge in [-0.3, -0.25) is 0 Å². The molecule has 0 amide bonds. The Bertz CT molecular complexity index is 956. The third-order valence-electron chi connectivity index (χ3n) is 4.03. The van der Waals surface area contributed by atoms with Gasteiger partial charge in [0.2, 0.25) is 0 Å². The van der Waals surface area contributed by atoms with E-state index in [1.807, 2.05) is 0 Å². The van der Waals surface area contributed by atoms with Gasteiger partial charge in [0.15, 0.2) is 0 Å². The molecule has 0 fully saturated rings. The quantitative estimate of drug-likeness (QED) is 0.320. The molecule has 24 heavy (non-hydrogen) atoms. The number of hydrogen-bond donors (Lipinski definition) is 0. The van der Waals surface area contributed by atoms with E-state index in [0.29, 0.717) is 14.5 Å². The Hall–Kier alpha value is -1.86. The number of hydrogen-bond acceptors (Lipinski definition) is 0. The van der Waals surface area contributed by atoms with Gasteiger partial charge in [-0.25, -0.2) is 0 Å². The van der Waals surface area contributed by atoms with Gasteiger partial charge in [0, 0.05) is 0 Å². The van der Waals surface area contributed by atoms with Crippen LogP contribution in [0.3, 0.4) is 0 Å². The summed E-state index contributed by atoms with van der Waals surface area (Å²) in [4.78, 5) is 2.42. The summed E-state index contributed by atoms with van der Waals surface area (Å²) in [6, 6.07) is 30.1. The van der Waals surface area contributed by atoms with Crippen LogP contribution in [0.5, 0.6) is 0 Å². The summed E-state index contributed by atoms with van der Waals surface area (Å²) in [6.07, 6.45) is 0. The first kappa shape index (κ1) is 15.7. The van der Waals surface area contributed by atoms with Crippen molar-refractivity contribution in [3.8, 4) is 32.3 Å². The van der Waals surface area contributed by atoms with Gasteiger partial charge in [-0.05, 0) is 0 Å². The van der Waals surface area contributed by atoms with Crippen LogP contribution < -0.4 is 0 Å². The second kappa shape index (κ2) is 6.94. The van der Waals surface area contributed by atoms with E-state index >= 15 is 0 Å². The van der Waals surface area contributed by atoms with E-state index in [0.717, 1.165) is 4.47 Å². The van der Waals surface area contributed by atoms with Gasteiger partial charge in [-0.2, -0.15) is 0 Å². The molecule has 3 aromatic carbocycles. The number of halogens is 1. The first-order valence-corrected chi connectivity index (χ1v) is 10.4. The maximum absolute atomic E-state index is 3.61. The molecule has 0 aliphatic rings. The Morgan fingerprint density at radius 3 is 1.92 bits per heavy atom. The average Bonchev–Trinajstić information content (AvgIpc) is 3.08. The summed E-state index contributed by atoms with van der Waals surface area (Å²) in [5.41, 5.74) is 6.62. The zero-order valence-corrected chi connectivity index (χ0v) is 16.2. The summed E-state index contributed by atoms with van der Waals surface area (Å²) in [6.45, 7) is 0. The van der Waals surface area contributed by atoms with Crippen molar-refractivity contribution < 1.29 is 0 Å². The summed E-state index contributed by atoms with van der Waals surface area (Å²) >= 11 is 3.94. The number of rotatable bonds is 3. The summed E-state index contributed by atoms with van der Waals surface area (Å²) in [5.74, 6) is 0. The van der Waals surface area contributed by atoms with Gasteiger partial charge in [0.05, 0.1) is 0 Å². The van der Waals surface area contributed by atoms with E-state index in [2.05, 4.69) is 106 Å². The summed E-state index contributed by atoms with van der Waals surface area (Å²) in [7, 11) is 0. The Balaban J connectivity index is 1.97. The van der Waals surface area contributed by atoms with Crippen LogP contribution in [0.4, 0.5) is 0 Å². The topological polar surface area (TPSA) is 0 Å². The predicted octanol–water partition coefficient (Wildman–Crippen LogP) is 6.51. The molecular formula is C22H15BrSe. The molecule has 0 radical (unpaired) electrons.